The maximum Gasteiger partial charge on any atom is 0.171 e. The van der Waals surface area contributed by atoms with E-state index in [9.17, 15) is 9.65 Å². The van der Waals surface area contributed by atoms with Crippen molar-refractivity contribution < 1.29 is 4.39 Å². The van der Waals surface area contributed by atoms with E-state index in [1.807, 2.05) is 20.8 Å². The van der Waals surface area contributed by atoms with Crippen LogP contribution in [0.3, 0.4) is 0 Å². The van der Waals surface area contributed by atoms with Crippen molar-refractivity contribution in [3.63, 3.8) is 0 Å². The van der Waals surface area contributed by atoms with Gasteiger partial charge in [0.2, 0.25) is 0 Å². The summed E-state index contributed by atoms with van der Waals surface area (Å²) < 4.78 is 13.0. The fraction of sp³-hybridized carbons (Fsp3) is 0.333. The van der Waals surface area contributed by atoms with Gasteiger partial charge in [-0.3, -0.25) is 0 Å². The lowest BCUT2D eigenvalue weighted by atomic mass is 9.84. The Hall–Kier alpha value is -1.93. The molecular formula is C15H16FN3S. The molecule has 2 N–H and O–H groups in total. The molecule has 2 rings (SSSR count). The van der Waals surface area contributed by atoms with Crippen LogP contribution < -0.4 is 10.6 Å². The summed E-state index contributed by atoms with van der Waals surface area (Å²) in [7, 11) is 0. The van der Waals surface area contributed by atoms with E-state index in [-0.39, 0.29) is 17.3 Å². The van der Waals surface area contributed by atoms with E-state index in [4.69, 9.17) is 12.2 Å². The SMILES string of the molecule is CC(C)(C)C1=C(C#N)[C@@H](c2ccc(F)cc2)NC(=S)N1. The van der Waals surface area contributed by atoms with Crippen LogP contribution in [0.25, 0.3) is 0 Å². The molecule has 1 atom stereocenters. The molecular weight excluding hydrogens is 273 g/mol. The van der Waals surface area contributed by atoms with Crippen molar-refractivity contribution in [3.8, 4) is 6.07 Å². The van der Waals surface area contributed by atoms with Crippen molar-refractivity contribution in [2.45, 2.75) is 26.8 Å². The minimum absolute atomic E-state index is 0.227. The van der Waals surface area contributed by atoms with Crippen molar-refractivity contribution >= 4 is 17.3 Å². The third kappa shape index (κ3) is 2.81. The van der Waals surface area contributed by atoms with Crippen molar-refractivity contribution in [1.82, 2.24) is 10.6 Å². The smallest absolute Gasteiger partial charge is 0.171 e. The second-order valence-electron chi connectivity index (χ2n) is 5.73. The van der Waals surface area contributed by atoms with Crippen LogP contribution >= 0.6 is 12.2 Å². The molecule has 1 aliphatic heterocycles. The fourth-order valence-electron chi connectivity index (χ4n) is 2.18. The van der Waals surface area contributed by atoms with Crippen LogP contribution in [0.4, 0.5) is 4.39 Å². The van der Waals surface area contributed by atoms with Gasteiger partial charge in [0, 0.05) is 11.1 Å². The number of nitriles is 1. The van der Waals surface area contributed by atoms with Crippen molar-refractivity contribution in [3.05, 3.63) is 46.9 Å². The number of halogens is 1. The first-order valence-electron chi connectivity index (χ1n) is 6.30. The zero-order valence-corrected chi connectivity index (χ0v) is 12.4. The van der Waals surface area contributed by atoms with Crippen LogP contribution in [-0.4, -0.2) is 5.11 Å². The van der Waals surface area contributed by atoms with Gasteiger partial charge in [0.1, 0.15) is 5.82 Å². The number of hydrogen-bond acceptors (Lipinski definition) is 2. The van der Waals surface area contributed by atoms with E-state index in [0.29, 0.717) is 10.7 Å². The van der Waals surface area contributed by atoms with Crippen LogP contribution in [0.5, 0.6) is 0 Å². The average molecular weight is 289 g/mol. The van der Waals surface area contributed by atoms with Gasteiger partial charge in [-0.05, 0) is 29.9 Å². The fourth-order valence-corrected chi connectivity index (χ4v) is 2.40. The molecule has 0 unspecified atom stereocenters. The number of nitrogens with zero attached hydrogens (tertiary/aromatic N) is 1. The molecule has 5 heteroatoms. The molecule has 0 saturated carbocycles. The number of nitrogens with one attached hydrogen (secondary N) is 2. The molecule has 0 radical (unpaired) electrons. The van der Waals surface area contributed by atoms with Crippen molar-refractivity contribution in [2.24, 2.45) is 5.41 Å². The van der Waals surface area contributed by atoms with Gasteiger partial charge in [0.15, 0.2) is 5.11 Å². The molecule has 1 aliphatic rings. The number of rotatable bonds is 1. The molecule has 0 aliphatic carbocycles. The molecule has 0 fully saturated rings. The predicted octanol–water partition coefficient (Wildman–Crippen LogP) is 3.17. The highest BCUT2D eigenvalue weighted by Gasteiger charge is 2.32. The largest absolute Gasteiger partial charge is 0.351 e. The summed E-state index contributed by atoms with van der Waals surface area (Å²) in [6, 6.07) is 8.00. The van der Waals surface area contributed by atoms with Crippen LogP contribution in [-0.2, 0) is 0 Å². The summed E-state index contributed by atoms with van der Waals surface area (Å²) in [6.45, 7) is 6.05. The summed E-state index contributed by atoms with van der Waals surface area (Å²) >= 11 is 5.22. The summed E-state index contributed by atoms with van der Waals surface area (Å²) in [4.78, 5) is 0. The minimum Gasteiger partial charge on any atom is -0.351 e. The lowest BCUT2D eigenvalue weighted by molar-refractivity contribution is 0.462. The summed E-state index contributed by atoms with van der Waals surface area (Å²) in [5.74, 6) is -0.302. The summed E-state index contributed by atoms with van der Waals surface area (Å²) in [5.41, 5.74) is 1.97. The van der Waals surface area contributed by atoms with Gasteiger partial charge in [-0.15, -0.1) is 0 Å². The van der Waals surface area contributed by atoms with E-state index in [1.54, 1.807) is 12.1 Å². The highest BCUT2D eigenvalue weighted by Crippen LogP contribution is 2.34. The Morgan fingerprint density at radius 1 is 1.25 bits per heavy atom. The molecule has 0 bridgehead atoms. The number of allylic oxidation sites excluding steroid dienone is 1. The third-order valence-corrected chi connectivity index (χ3v) is 3.37. The van der Waals surface area contributed by atoms with Gasteiger partial charge in [-0.1, -0.05) is 32.9 Å². The number of benzene rings is 1. The molecule has 3 nitrogen and oxygen atoms in total. The number of hydrogen-bond donors (Lipinski definition) is 2. The monoisotopic (exact) mass is 289 g/mol. The van der Waals surface area contributed by atoms with Crippen LogP contribution in [0, 0.1) is 22.6 Å². The summed E-state index contributed by atoms with van der Waals surface area (Å²) in [5, 5.41) is 16.1. The van der Waals surface area contributed by atoms with E-state index in [2.05, 4.69) is 16.7 Å². The van der Waals surface area contributed by atoms with Gasteiger partial charge < -0.3 is 10.6 Å². The van der Waals surface area contributed by atoms with Gasteiger partial charge >= 0.3 is 0 Å². The van der Waals surface area contributed by atoms with E-state index < -0.39 is 0 Å². The Labute approximate surface area is 123 Å². The average Bonchev–Trinajstić information content (AvgIpc) is 2.37. The number of thiocarbonyl (C=S) groups is 1. The first-order valence-corrected chi connectivity index (χ1v) is 6.71. The van der Waals surface area contributed by atoms with Crippen molar-refractivity contribution in [1.29, 1.82) is 5.26 Å². The molecule has 0 saturated heterocycles. The molecule has 1 heterocycles. The minimum atomic E-state index is -0.344. The molecule has 20 heavy (non-hydrogen) atoms. The van der Waals surface area contributed by atoms with Crippen molar-refractivity contribution in [2.75, 3.05) is 0 Å². The maximum absolute atomic E-state index is 13.0. The Bertz CT molecular complexity index is 605. The Balaban J connectivity index is 2.54. The molecule has 1 aromatic rings. The van der Waals surface area contributed by atoms with Gasteiger partial charge in [0.05, 0.1) is 17.7 Å². The Kier molecular flexibility index (Phi) is 3.78. The van der Waals surface area contributed by atoms with Gasteiger partial charge in [-0.2, -0.15) is 5.26 Å². The van der Waals surface area contributed by atoms with E-state index in [0.717, 1.165) is 11.3 Å². The lowest BCUT2D eigenvalue weighted by Crippen LogP contribution is -2.46. The van der Waals surface area contributed by atoms with E-state index >= 15 is 0 Å². The molecule has 104 valence electrons. The second-order valence-corrected chi connectivity index (χ2v) is 6.14. The standard InChI is InChI=1S/C15H16FN3S/c1-15(2,3)13-11(8-17)12(18-14(20)19-13)9-4-6-10(16)7-5-9/h4-7,12H,1-3H3,(H2,18,19,20)/t12-/m1/s1. The van der Waals surface area contributed by atoms with Crippen LogP contribution in [0.2, 0.25) is 0 Å². The topological polar surface area (TPSA) is 47.9 Å². The predicted molar refractivity (Wildman–Crippen MR) is 80.1 cm³/mol. The Morgan fingerprint density at radius 2 is 1.85 bits per heavy atom. The van der Waals surface area contributed by atoms with Crippen LogP contribution in [0.15, 0.2) is 35.5 Å². The van der Waals surface area contributed by atoms with Gasteiger partial charge in [-0.25, -0.2) is 4.39 Å². The van der Waals surface area contributed by atoms with E-state index in [1.165, 1.54) is 12.1 Å². The van der Waals surface area contributed by atoms with Gasteiger partial charge in [0.25, 0.3) is 0 Å². The highest BCUT2D eigenvalue weighted by molar-refractivity contribution is 7.80. The normalized spacial score (nSPS) is 19.1. The first-order chi connectivity index (χ1) is 9.32. The quantitative estimate of drug-likeness (QED) is 0.780. The summed E-state index contributed by atoms with van der Waals surface area (Å²) in [6.07, 6.45) is 0. The third-order valence-electron chi connectivity index (χ3n) is 3.15. The maximum atomic E-state index is 13.0. The zero-order chi connectivity index (χ0) is 14.9. The molecule has 1 aromatic carbocycles. The van der Waals surface area contributed by atoms with Crippen LogP contribution in [0.1, 0.15) is 32.4 Å². The first kappa shape index (κ1) is 14.5. The molecule has 0 aromatic heterocycles. The second kappa shape index (κ2) is 5.22. The Morgan fingerprint density at radius 3 is 2.35 bits per heavy atom. The lowest BCUT2D eigenvalue weighted by Gasteiger charge is -2.34. The highest BCUT2D eigenvalue weighted by atomic mass is 32.1. The zero-order valence-electron chi connectivity index (χ0n) is 11.6. The molecule has 0 spiro atoms. The molecule has 0 amide bonds.